The van der Waals surface area contributed by atoms with Gasteiger partial charge in [0.05, 0.1) is 12.7 Å². The summed E-state index contributed by atoms with van der Waals surface area (Å²) < 4.78 is 4.65. The maximum absolute atomic E-state index is 12.0. The summed E-state index contributed by atoms with van der Waals surface area (Å²) in [6.07, 6.45) is 0.160. The highest BCUT2D eigenvalue weighted by Crippen LogP contribution is 2.17. The van der Waals surface area contributed by atoms with E-state index >= 15 is 0 Å². The second-order valence-corrected chi connectivity index (χ2v) is 5.37. The monoisotopic (exact) mass is 340 g/mol. The molecule has 0 atom stereocenters. The SMILES string of the molecule is COC(=O)c1ccc(N(CCC(=O)Nc2ccccc2)C(C)=O)cc1. The zero-order valence-electron chi connectivity index (χ0n) is 14.2. The molecule has 0 fully saturated rings. The minimum Gasteiger partial charge on any atom is -0.465 e. The number of ether oxygens (including phenoxy) is 1. The van der Waals surface area contributed by atoms with E-state index in [1.807, 2.05) is 18.2 Å². The lowest BCUT2D eigenvalue weighted by molar-refractivity contribution is -0.117. The molecule has 0 spiro atoms. The molecule has 0 heterocycles. The van der Waals surface area contributed by atoms with Crippen LogP contribution in [0.2, 0.25) is 0 Å². The highest BCUT2D eigenvalue weighted by molar-refractivity contribution is 5.95. The Morgan fingerprint density at radius 2 is 1.64 bits per heavy atom. The maximum Gasteiger partial charge on any atom is 0.337 e. The predicted molar refractivity (Wildman–Crippen MR) is 95.5 cm³/mol. The molecular weight excluding hydrogens is 320 g/mol. The average molecular weight is 340 g/mol. The van der Waals surface area contributed by atoms with Gasteiger partial charge in [0.2, 0.25) is 11.8 Å². The third-order valence-corrected chi connectivity index (χ3v) is 3.60. The van der Waals surface area contributed by atoms with Gasteiger partial charge in [0.15, 0.2) is 0 Å². The summed E-state index contributed by atoms with van der Waals surface area (Å²) in [6, 6.07) is 15.6. The van der Waals surface area contributed by atoms with Crippen molar-refractivity contribution in [3.63, 3.8) is 0 Å². The van der Waals surface area contributed by atoms with Crippen LogP contribution in [0.15, 0.2) is 54.6 Å². The third kappa shape index (κ3) is 5.17. The smallest absolute Gasteiger partial charge is 0.337 e. The van der Waals surface area contributed by atoms with Crippen LogP contribution in [0.25, 0.3) is 0 Å². The molecule has 0 radical (unpaired) electrons. The fourth-order valence-corrected chi connectivity index (χ4v) is 2.32. The van der Waals surface area contributed by atoms with Crippen LogP contribution >= 0.6 is 0 Å². The zero-order chi connectivity index (χ0) is 18.2. The molecular formula is C19H20N2O4. The van der Waals surface area contributed by atoms with Crippen molar-refractivity contribution in [3.8, 4) is 0 Å². The van der Waals surface area contributed by atoms with Crippen LogP contribution in [0.4, 0.5) is 11.4 Å². The largest absolute Gasteiger partial charge is 0.465 e. The number of anilines is 2. The average Bonchev–Trinajstić information content (AvgIpc) is 2.62. The standard InChI is InChI=1S/C19H20N2O4/c1-14(22)21(17-10-8-15(9-11-17)19(24)25-2)13-12-18(23)20-16-6-4-3-5-7-16/h3-11H,12-13H2,1-2H3,(H,20,23). The lowest BCUT2D eigenvalue weighted by atomic mass is 10.2. The van der Waals surface area contributed by atoms with Gasteiger partial charge in [0, 0.05) is 31.3 Å². The number of carbonyl (C=O) groups excluding carboxylic acids is 3. The first-order chi connectivity index (χ1) is 12.0. The van der Waals surface area contributed by atoms with Crippen LogP contribution < -0.4 is 10.2 Å². The molecule has 0 saturated heterocycles. The Labute approximate surface area is 146 Å². The minimum atomic E-state index is -0.442. The number of hydrogen-bond donors (Lipinski definition) is 1. The van der Waals surface area contributed by atoms with Crippen molar-refractivity contribution >= 4 is 29.2 Å². The molecule has 0 aliphatic rings. The van der Waals surface area contributed by atoms with Crippen molar-refractivity contribution in [1.29, 1.82) is 0 Å². The molecule has 2 aromatic rings. The van der Waals surface area contributed by atoms with E-state index in [-0.39, 0.29) is 24.8 Å². The number of hydrogen-bond acceptors (Lipinski definition) is 4. The Morgan fingerprint density at radius 1 is 1.00 bits per heavy atom. The van der Waals surface area contributed by atoms with E-state index in [4.69, 9.17) is 0 Å². The van der Waals surface area contributed by atoms with Crippen molar-refractivity contribution in [2.75, 3.05) is 23.9 Å². The first-order valence-corrected chi connectivity index (χ1v) is 7.82. The number of nitrogens with zero attached hydrogens (tertiary/aromatic N) is 1. The van der Waals surface area contributed by atoms with Gasteiger partial charge < -0.3 is 15.0 Å². The topological polar surface area (TPSA) is 75.7 Å². The fourth-order valence-electron chi connectivity index (χ4n) is 2.32. The fraction of sp³-hybridized carbons (Fsp3) is 0.211. The van der Waals surface area contributed by atoms with E-state index in [9.17, 15) is 14.4 Å². The summed E-state index contributed by atoms with van der Waals surface area (Å²) in [5.74, 6) is -0.801. The van der Waals surface area contributed by atoms with Gasteiger partial charge in [-0.2, -0.15) is 0 Å². The van der Waals surface area contributed by atoms with Crippen LogP contribution in [0.3, 0.4) is 0 Å². The highest BCUT2D eigenvalue weighted by Gasteiger charge is 2.14. The molecule has 2 rings (SSSR count). The maximum atomic E-state index is 12.0. The predicted octanol–water partition coefficient (Wildman–Crippen LogP) is 2.85. The minimum absolute atomic E-state index is 0.160. The number of esters is 1. The second-order valence-electron chi connectivity index (χ2n) is 5.37. The summed E-state index contributed by atoms with van der Waals surface area (Å²) in [4.78, 5) is 36.9. The van der Waals surface area contributed by atoms with Gasteiger partial charge in [-0.1, -0.05) is 18.2 Å². The van der Waals surface area contributed by atoms with Crippen LogP contribution in [0.1, 0.15) is 23.7 Å². The Kier molecular flexibility index (Phi) is 6.28. The van der Waals surface area contributed by atoms with Crippen molar-refractivity contribution in [1.82, 2.24) is 0 Å². The normalized spacial score (nSPS) is 10.0. The first kappa shape index (κ1) is 18.2. The molecule has 1 N–H and O–H groups in total. The molecule has 0 aliphatic heterocycles. The van der Waals surface area contributed by atoms with Crippen molar-refractivity contribution in [2.45, 2.75) is 13.3 Å². The second kappa shape index (κ2) is 8.63. The van der Waals surface area contributed by atoms with Crippen molar-refractivity contribution in [3.05, 3.63) is 60.2 Å². The number of methoxy groups -OCH3 is 1. The lowest BCUT2D eigenvalue weighted by Crippen LogP contribution is -2.32. The first-order valence-electron chi connectivity index (χ1n) is 7.82. The number of benzene rings is 2. The molecule has 2 amide bonds. The van der Waals surface area contributed by atoms with Crippen molar-refractivity contribution in [2.24, 2.45) is 0 Å². The van der Waals surface area contributed by atoms with Crippen LogP contribution in [0.5, 0.6) is 0 Å². The Bertz CT molecular complexity index is 742. The van der Waals surface area contributed by atoms with Crippen molar-refractivity contribution < 1.29 is 19.1 Å². The Morgan fingerprint density at radius 3 is 2.20 bits per heavy atom. The molecule has 0 unspecified atom stereocenters. The van der Waals surface area contributed by atoms with Gasteiger partial charge in [0.1, 0.15) is 0 Å². The Hall–Kier alpha value is -3.15. The quantitative estimate of drug-likeness (QED) is 0.821. The van der Waals surface area contributed by atoms with E-state index < -0.39 is 5.97 Å². The molecule has 130 valence electrons. The Balaban J connectivity index is 2.00. The van der Waals surface area contributed by atoms with Crippen LogP contribution in [0, 0.1) is 0 Å². The van der Waals surface area contributed by atoms with E-state index in [0.717, 1.165) is 0 Å². The molecule has 0 aliphatic carbocycles. The number of carbonyl (C=O) groups is 3. The highest BCUT2D eigenvalue weighted by atomic mass is 16.5. The van der Waals surface area contributed by atoms with Gasteiger partial charge in [-0.25, -0.2) is 4.79 Å². The van der Waals surface area contributed by atoms with Gasteiger partial charge >= 0.3 is 5.97 Å². The summed E-state index contributed by atoms with van der Waals surface area (Å²) >= 11 is 0. The molecule has 6 heteroatoms. The summed E-state index contributed by atoms with van der Waals surface area (Å²) in [5, 5.41) is 2.78. The number of amides is 2. The van der Waals surface area contributed by atoms with E-state index in [2.05, 4.69) is 10.1 Å². The lowest BCUT2D eigenvalue weighted by Gasteiger charge is -2.21. The summed E-state index contributed by atoms with van der Waals surface area (Å²) in [5.41, 5.74) is 1.73. The molecule has 2 aromatic carbocycles. The molecule has 0 aromatic heterocycles. The number of nitrogens with one attached hydrogen (secondary N) is 1. The number of rotatable bonds is 6. The van der Waals surface area contributed by atoms with Gasteiger partial charge in [-0.15, -0.1) is 0 Å². The third-order valence-electron chi connectivity index (χ3n) is 3.60. The van der Waals surface area contributed by atoms with E-state index in [0.29, 0.717) is 16.9 Å². The van der Waals surface area contributed by atoms with E-state index in [1.165, 1.54) is 18.9 Å². The molecule has 0 saturated carbocycles. The summed E-state index contributed by atoms with van der Waals surface area (Å²) in [6.45, 7) is 1.68. The summed E-state index contributed by atoms with van der Waals surface area (Å²) in [7, 11) is 1.31. The van der Waals surface area contributed by atoms with Gasteiger partial charge in [-0.05, 0) is 36.4 Å². The molecule has 25 heavy (non-hydrogen) atoms. The zero-order valence-corrected chi connectivity index (χ0v) is 14.2. The van der Waals surface area contributed by atoms with Crippen LogP contribution in [-0.2, 0) is 14.3 Å². The molecule has 6 nitrogen and oxygen atoms in total. The van der Waals surface area contributed by atoms with E-state index in [1.54, 1.807) is 36.4 Å². The van der Waals surface area contributed by atoms with Crippen LogP contribution in [-0.4, -0.2) is 31.4 Å². The van der Waals surface area contributed by atoms with Gasteiger partial charge in [-0.3, -0.25) is 9.59 Å². The number of para-hydroxylation sites is 1. The molecule has 0 bridgehead atoms. The van der Waals surface area contributed by atoms with Gasteiger partial charge in [0.25, 0.3) is 0 Å².